The van der Waals surface area contributed by atoms with Gasteiger partial charge in [-0.2, -0.15) is 5.10 Å². The summed E-state index contributed by atoms with van der Waals surface area (Å²) in [4.78, 5) is 2.27. The van der Waals surface area contributed by atoms with Gasteiger partial charge in [-0.05, 0) is 33.0 Å². The van der Waals surface area contributed by atoms with Crippen molar-refractivity contribution in [2.75, 3.05) is 7.05 Å². The summed E-state index contributed by atoms with van der Waals surface area (Å²) in [7, 11) is 2.11. The van der Waals surface area contributed by atoms with Gasteiger partial charge in [0.15, 0.2) is 0 Å². The first-order chi connectivity index (χ1) is 13.6. The predicted molar refractivity (Wildman–Crippen MR) is 110 cm³/mol. The second-order valence-corrected chi connectivity index (χ2v) is 7.12. The summed E-state index contributed by atoms with van der Waals surface area (Å²) in [6.07, 6.45) is 2.13. The third-order valence-electron chi connectivity index (χ3n) is 4.91. The molecule has 0 saturated carbocycles. The van der Waals surface area contributed by atoms with Gasteiger partial charge < -0.3 is 4.52 Å². The lowest BCUT2D eigenvalue weighted by Gasteiger charge is -2.16. The van der Waals surface area contributed by atoms with Crippen molar-refractivity contribution in [1.29, 1.82) is 0 Å². The van der Waals surface area contributed by atoms with Gasteiger partial charge in [-0.25, -0.2) is 4.68 Å². The molecular weight excluding hydrogens is 348 g/mol. The summed E-state index contributed by atoms with van der Waals surface area (Å²) in [5.74, 6) is 0.882. The van der Waals surface area contributed by atoms with E-state index in [4.69, 9.17) is 9.62 Å². The van der Waals surface area contributed by atoms with Gasteiger partial charge in [-0.3, -0.25) is 4.90 Å². The summed E-state index contributed by atoms with van der Waals surface area (Å²) < 4.78 is 7.27. The van der Waals surface area contributed by atoms with Crippen LogP contribution in [-0.4, -0.2) is 26.9 Å². The Balaban J connectivity index is 1.66. The molecule has 28 heavy (non-hydrogen) atoms. The van der Waals surface area contributed by atoms with E-state index in [1.165, 1.54) is 5.56 Å². The van der Waals surface area contributed by atoms with E-state index in [9.17, 15) is 0 Å². The minimum atomic E-state index is 0.779. The van der Waals surface area contributed by atoms with E-state index in [2.05, 4.69) is 47.6 Å². The Hall–Kier alpha value is -3.18. The molecule has 0 amide bonds. The Morgan fingerprint density at radius 3 is 2.25 bits per heavy atom. The third-order valence-corrected chi connectivity index (χ3v) is 4.91. The number of hydrogen-bond donors (Lipinski definition) is 0. The number of benzene rings is 2. The maximum Gasteiger partial charge on any atom is 0.138 e. The Kier molecular flexibility index (Phi) is 5.08. The smallest absolute Gasteiger partial charge is 0.138 e. The zero-order chi connectivity index (χ0) is 19.5. The molecule has 5 heteroatoms. The van der Waals surface area contributed by atoms with Crippen molar-refractivity contribution in [2.45, 2.75) is 26.9 Å². The molecule has 0 radical (unpaired) electrons. The van der Waals surface area contributed by atoms with Gasteiger partial charge in [0.1, 0.15) is 5.76 Å². The highest BCUT2D eigenvalue weighted by Gasteiger charge is 2.16. The van der Waals surface area contributed by atoms with Crippen molar-refractivity contribution < 1.29 is 4.52 Å². The third kappa shape index (κ3) is 3.75. The maximum atomic E-state index is 5.31. The van der Waals surface area contributed by atoms with E-state index in [-0.39, 0.29) is 0 Å². The van der Waals surface area contributed by atoms with Gasteiger partial charge in [0, 0.05) is 36.0 Å². The lowest BCUT2D eigenvalue weighted by molar-refractivity contribution is 0.315. The van der Waals surface area contributed by atoms with Crippen LogP contribution in [-0.2, 0) is 13.1 Å². The molecule has 2 aromatic heterocycles. The number of hydrogen-bond acceptors (Lipinski definition) is 4. The quantitative estimate of drug-likeness (QED) is 0.489. The molecule has 0 aliphatic heterocycles. The molecule has 0 bridgehead atoms. The SMILES string of the molecule is Cc1noc(C)c1CN(C)Cc1cn(-c2ccccc2)nc1-c1ccccc1. The molecule has 0 aliphatic rings. The summed E-state index contributed by atoms with van der Waals surface area (Å²) in [5, 5.41) is 8.96. The van der Waals surface area contributed by atoms with Gasteiger partial charge in [0.05, 0.1) is 17.1 Å². The average molecular weight is 372 g/mol. The monoisotopic (exact) mass is 372 g/mol. The number of rotatable bonds is 6. The molecule has 2 aromatic carbocycles. The highest BCUT2D eigenvalue weighted by atomic mass is 16.5. The lowest BCUT2D eigenvalue weighted by atomic mass is 10.1. The van der Waals surface area contributed by atoms with Crippen LogP contribution in [0.3, 0.4) is 0 Å². The number of para-hydroxylation sites is 1. The first kappa shape index (κ1) is 18.2. The summed E-state index contributed by atoms with van der Waals surface area (Å²) in [6.45, 7) is 5.52. The van der Waals surface area contributed by atoms with Crippen LogP contribution in [0, 0.1) is 13.8 Å². The lowest BCUT2D eigenvalue weighted by Crippen LogP contribution is -2.18. The first-order valence-corrected chi connectivity index (χ1v) is 9.41. The van der Waals surface area contributed by atoms with Crippen LogP contribution >= 0.6 is 0 Å². The van der Waals surface area contributed by atoms with Crippen LogP contribution in [0.2, 0.25) is 0 Å². The minimum absolute atomic E-state index is 0.779. The Morgan fingerprint density at radius 1 is 0.929 bits per heavy atom. The van der Waals surface area contributed by atoms with Crippen LogP contribution in [0.1, 0.15) is 22.6 Å². The van der Waals surface area contributed by atoms with Gasteiger partial charge in [-0.1, -0.05) is 53.7 Å². The van der Waals surface area contributed by atoms with E-state index in [1.807, 2.05) is 54.9 Å². The molecule has 4 aromatic rings. The molecular formula is C23H24N4O. The molecule has 0 unspecified atom stereocenters. The number of aryl methyl sites for hydroxylation is 2. The molecule has 0 N–H and O–H groups in total. The zero-order valence-electron chi connectivity index (χ0n) is 16.5. The minimum Gasteiger partial charge on any atom is -0.361 e. The molecule has 4 rings (SSSR count). The van der Waals surface area contributed by atoms with Crippen LogP contribution in [0.25, 0.3) is 16.9 Å². The van der Waals surface area contributed by atoms with Crippen molar-refractivity contribution in [3.8, 4) is 16.9 Å². The molecule has 0 spiro atoms. The van der Waals surface area contributed by atoms with Crippen molar-refractivity contribution in [1.82, 2.24) is 19.8 Å². The maximum absolute atomic E-state index is 5.31. The van der Waals surface area contributed by atoms with Gasteiger partial charge in [0.2, 0.25) is 0 Å². The highest BCUT2D eigenvalue weighted by Crippen LogP contribution is 2.25. The van der Waals surface area contributed by atoms with E-state index >= 15 is 0 Å². The van der Waals surface area contributed by atoms with Crippen LogP contribution in [0.4, 0.5) is 0 Å². The number of nitrogens with zero attached hydrogens (tertiary/aromatic N) is 4. The second-order valence-electron chi connectivity index (χ2n) is 7.12. The fourth-order valence-electron chi connectivity index (χ4n) is 3.42. The predicted octanol–water partition coefficient (Wildman–Crippen LogP) is 4.78. The van der Waals surface area contributed by atoms with Crippen molar-refractivity contribution in [3.05, 3.63) is 89.4 Å². The second kappa shape index (κ2) is 7.82. The topological polar surface area (TPSA) is 47.1 Å². The molecule has 0 saturated heterocycles. The van der Waals surface area contributed by atoms with Crippen LogP contribution in [0.15, 0.2) is 71.4 Å². The fraction of sp³-hybridized carbons (Fsp3) is 0.217. The van der Waals surface area contributed by atoms with Gasteiger partial charge in [0.25, 0.3) is 0 Å². The summed E-state index contributed by atoms with van der Waals surface area (Å²) in [5.41, 5.74) is 6.48. The summed E-state index contributed by atoms with van der Waals surface area (Å²) in [6, 6.07) is 20.6. The fourth-order valence-corrected chi connectivity index (χ4v) is 3.42. The zero-order valence-corrected chi connectivity index (χ0v) is 16.5. The van der Waals surface area contributed by atoms with E-state index in [1.54, 1.807) is 0 Å². The van der Waals surface area contributed by atoms with Crippen LogP contribution < -0.4 is 0 Å². The molecule has 2 heterocycles. The van der Waals surface area contributed by atoms with E-state index < -0.39 is 0 Å². The van der Waals surface area contributed by atoms with E-state index in [0.29, 0.717) is 0 Å². The highest BCUT2D eigenvalue weighted by molar-refractivity contribution is 5.63. The van der Waals surface area contributed by atoms with Crippen molar-refractivity contribution in [3.63, 3.8) is 0 Å². The standard InChI is InChI=1S/C23H24N4O/c1-17-22(18(2)28-25-17)16-26(3)14-20-15-27(21-12-8-5-9-13-21)24-23(20)19-10-6-4-7-11-19/h4-13,15H,14,16H2,1-3H3. The van der Waals surface area contributed by atoms with Crippen molar-refractivity contribution >= 4 is 0 Å². The molecule has 0 atom stereocenters. The number of aromatic nitrogens is 3. The largest absolute Gasteiger partial charge is 0.361 e. The molecule has 0 aliphatic carbocycles. The Bertz CT molecular complexity index is 1030. The Labute approximate surface area is 165 Å². The van der Waals surface area contributed by atoms with Crippen molar-refractivity contribution in [2.24, 2.45) is 0 Å². The molecule has 0 fully saturated rings. The van der Waals surface area contributed by atoms with Crippen LogP contribution in [0.5, 0.6) is 0 Å². The molecule has 5 nitrogen and oxygen atoms in total. The average Bonchev–Trinajstić information content (AvgIpc) is 3.28. The summed E-state index contributed by atoms with van der Waals surface area (Å²) >= 11 is 0. The van der Waals surface area contributed by atoms with E-state index in [0.717, 1.165) is 47.1 Å². The van der Waals surface area contributed by atoms with Gasteiger partial charge in [-0.15, -0.1) is 0 Å². The van der Waals surface area contributed by atoms with Gasteiger partial charge >= 0.3 is 0 Å². The Morgan fingerprint density at radius 2 is 1.61 bits per heavy atom. The normalized spacial score (nSPS) is 11.3. The molecule has 142 valence electrons. The first-order valence-electron chi connectivity index (χ1n) is 9.41.